The highest BCUT2D eigenvalue weighted by atomic mass is 32.2. The lowest BCUT2D eigenvalue weighted by Crippen LogP contribution is -1.90. The van der Waals surface area contributed by atoms with E-state index in [1.54, 1.807) is 18.9 Å². The quantitative estimate of drug-likeness (QED) is 0.856. The number of nitriles is 1. The Morgan fingerprint density at radius 2 is 2.05 bits per heavy atom. The van der Waals surface area contributed by atoms with E-state index < -0.39 is 0 Å². The van der Waals surface area contributed by atoms with Crippen LogP contribution in [0.15, 0.2) is 47.4 Å². The molecule has 0 radical (unpaired) electrons. The smallest absolute Gasteiger partial charge is 0.136 e. The minimum atomic E-state index is 0.0511. The molecule has 1 N–H and O–H groups in total. The van der Waals surface area contributed by atoms with Crippen LogP contribution in [-0.4, -0.2) is 12.2 Å². The summed E-state index contributed by atoms with van der Waals surface area (Å²) in [5.41, 5.74) is 2.53. The van der Waals surface area contributed by atoms with E-state index in [4.69, 9.17) is 15.1 Å². The molecule has 3 nitrogen and oxygen atoms in total. The highest BCUT2D eigenvalue weighted by Gasteiger charge is 2.04. The molecule has 2 rings (SSSR count). The zero-order valence-corrected chi connectivity index (χ0v) is 12.0. The molecule has 0 saturated carbocycles. The Hall–Kier alpha value is -1.96. The fourth-order valence-corrected chi connectivity index (χ4v) is 2.75. The van der Waals surface area contributed by atoms with Gasteiger partial charge in [0.15, 0.2) is 0 Å². The highest BCUT2D eigenvalue weighted by molar-refractivity contribution is 7.98. The summed E-state index contributed by atoms with van der Waals surface area (Å²) in [6.07, 6.45) is 0. The predicted octanol–water partition coefficient (Wildman–Crippen LogP) is 3.35. The first-order valence-corrected chi connectivity index (χ1v) is 7.15. The maximum atomic E-state index is 9.11. The molecule has 0 aliphatic carbocycles. The van der Waals surface area contributed by atoms with E-state index in [1.807, 2.05) is 42.5 Å². The van der Waals surface area contributed by atoms with Crippen LogP contribution in [0.25, 0.3) is 0 Å². The van der Waals surface area contributed by atoms with Gasteiger partial charge in [-0.05, 0) is 35.4 Å². The van der Waals surface area contributed by atoms with Crippen molar-refractivity contribution in [2.75, 3.05) is 7.11 Å². The van der Waals surface area contributed by atoms with Gasteiger partial charge < -0.3 is 9.84 Å². The van der Waals surface area contributed by atoms with Crippen molar-refractivity contribution in [3.05, 3.63) is 59.2 Å². The first-order chi connectivity index (χ1) is 9.76. The highest BCUT2D eigenvalue weighted by Crippen LogP contribution is 2.26. The fraction of sp³-hybridized carbons (Fsp3) is 0.188. The normalized spacial score (nSPS) is 10.1. The first-order valence-electron chi connectivity index (χ1n) is 6.16. The van der Waals surface area contributed by atoms with Gasteiger partial charge in [-0.15, -0.1) is 11.8 Å². The number of hydrogen-bond acceptors (Lipinski definition) is 4. The van der Waals surface area contributed by atoms with Gasteiger partial charge in [-0.3, -0.25) is 0 Å². The maximum absolute atomic E-state index is 9.11. The lowest BCUT2D eigenvalue weighted by Gasteiger charge is -2.06. The Balaban J connectivity index is 2.09. The number of benzene rings is 2. The summed E-state index contributed by atoms with van der Waals surface area (Å²) >= 11 is 1.67. The van der Waals surface area contributed by atoms with E-state index in [0.717, 1.165) is 21.8 Å². The Kier molecular flexibility index (Phi) is 5.05. The molecule has 0 heterocycles. The number of nitrogens with zero attached hydrogens (tertiary/aromatic N) is 1. The van der Waals surface area contributed by atoms with Gasteiger partial charge in [-0.2, -0.15) is 5.26 Å². The Morgan fingerprint density at radius 3 is 2.75 bits per heavy atom. The van der Waals surface area contributed by atoms with Gasteiger partial charge in [0, 0.05) is 10.6 Å². The van der Waals surface area contributed by atoms with Crippen molar-refractivity contribution in [1.82, 2.24) is 0 Å². The second kappa shape index (κ2) is 6.99. The van der Waals surface area contributed by atoms with Crippen LogP contribution in [0.1, 0.15) is 16.7 Å². The third kappa shape index (κ3) is 3.53. The molecular weight excluding hydrogens is 270 g/mol. The molecule has 0 aliphatic heterocycles. The number of aliphatic hydroxyl groups excluding tert-OH is 1. The third-order valence-corrected chi connectivity index (χ3v) is 3.94. The summed E-state index contributed by atoms with van der Waals surface area (Å²) in [4.78, 5) is 1.10. The van der Waals surface area contributed by atoms with E-state index in [2.05, 4.69) is 6.07 Å². The SMILES string of the molecule is COc1ccc(CSc2cccc(CO)c2)cc1C#N. The molecule has 0 aliphatic rings. The van der Waals surface area contributed by atoms with Gasteiger partial charge in [-0.25, -0.2) is 0 Å². The van der Waals surface area contributed by atoms with Crippen molar-refractivity contribution >= 4 is 11.8 Å². The standard InChI is InChI=1S/C16H15NO2S/c1-19-16-6-5-13(7-14(16)9-17)11-20-15-4-2-3-12(8-15)10-18/h2-8,18H,10-11H2,1H3. The summed E-state index contributed by atoms with van der Waals surface area (Å²) < 4.78 is 5.13. The van der Waals surface area contributed by atoms with Gasteiger partial charge in [0.05, 0.1) is 19.3 Å². The summed E-state index contributed by atoms with van der Waals surface area (Å²) in [5, 5.41) is 18.2. The van der Waals surface area contributed by atoms with E-state index in [1.165, 1.54) is 0 Å². The van der Waals surface area contributed by atoms with Crippen LogP contribution in [-0.2, 0) is 12.4 Å². The molecule has 0 bridgehead atoms. The molecule has 102 valence electrons. The van der Waals surface area contributed by atoms with Crippen LogP contribution in [0.5, 0.6) is 5.75 Å². The molecule has 0 unspecified atom stereocenters. The zero-order valence-electron chi connectivity index (χ0n) is 11.2. The number of hydrogen-bond donors (Lipinski definition) is 1. The lowest BCUT2D eigenvalue weighted by molar-refractivity contribution is 0.281. The molecular formula is C16H15NO2S. The molecule has 0 fully saturated rings. The Morgan fingerprint density at radius 1 is 1.20 bits per heavy atom. The van der Waals surface area contributed by atoms with Gasteiger partial charge in [0.1, 0.15) is 11.8 Å². The third-order valence-electron chi connectivity index (χ3n) is 2.87. The molecule has 0 aromatic heterocycles. The fourth-order valence-electron chi connectivity index (χ4n) is 1.83. The van der Waals surface area contributed by atoms with E-state index in [-0.39, 0.29) is 6.61 Å². The largest absolute Gasteiger partial charge is 0.495 e. The molecule has 2 aromatic carbocycles. The predicted molar refractivity (Wildman–Crippen MR) is 79.6 cm³/mol. The van der Waals surface area contributed by atoms with Crippen molar-refractivity contribution in [3.63, 3.8) is 0 Å². The van der Waals surface area contributed by atoms with Crippen LogP contribution < -0.4 is 4.74 Å². The van der Waals surface area contributed by atoms with Crippen molar-refractivity contribution in [2.24, 2.45) is 0 Å². The van der Waals surface area contributed by atoms with Crippen LogP contribution in [0.3, 0.4) is 0 Å². The van der Waals surface area contributed by atoms with E-state index in [0.29, 0.717) is 11.3 Å². The second-order valence-electron chi connectivity index (χ2n) is 4.24. The lowest BCUT2D eigenvalue weighted by atomic mass is 10.1. The maximum Gasteiger partial charge on any atom is 0.136 e. The van der Waals surface area contributed by atoms with E-state index in [9.17, 15) is 0 Å². The van der Waals surface area contributed by atoms with Crippen molar-refractivity contribution < 1.29 is 9.84 Å². The number of ether oxygens (including phenoxy) is 1. The van der Waals surface area contributed by atoms with Gasteiger partial charge in [0.25, 0.3) is 0 Å². The molecule has 0 amide bonds. The molecule has 20 heavy (non-hydrogen) atoms. The van der Waals surface area contributed by atoms with Gasteiger partial charge in [-0.1, -0.05) is 18.2 Å². The summed E-state index contributed by atoms with van der Waals surface area (Å²) in [6.45, 7) is 0.0511. The average molecular weight is 285 g/mol. The summed E-state index contributed by atoms with van der Waals surface area (Å²) in [7, 11) is 1.56. The second-order valence-corrected chi connectivity index (χ2v) is 5.29. The Bertz CT molecular complexity index is 635. The summed E-state index contributed by atoms with van der Waals surface area (Å²) in [6, 6.07) is 15.6. The number of thioether (sulfide) groups is 1. The molecule has 0 saturated heterocycles. The van der Waals surface area contributed by atoms with Crippen LogP contribution in [0.2, 0.25) is 0 Å². The van der Waals surface area contributed by atoms with Gasteiger partial charge in [0.2, 0.25) is 0 Å². The molecule has 2 aromatic rings. The van der Waals surface area contributed by atoms with Crippen LogP contribution in [0.4, 0.5) is 0 Å². The summed E-state index contributed by atoms with van der Waals surface area (Å²) in [5.74, 6) is 1.37. The first kappa shape index (κ1) is 14.4. The van der Waals surface area contributed by atoms with Crippen molar-refractivity contribution in [1.29, 1.82) is 5.26 Å². The monoisotopic (exact) mass is 285 g/mol. The van der Waals surface area contributed by atoms with Crippen molar-refractivity contribution in [3.8, 4) is 11.8 Å². The minimum Gasteiger partial charge on any atom is -0.495 e. The topological polar surface area (TPSA) is 53.2 Å². The zero-order chi connectivity index (χ0) is 14.4. The molecule has 4 heteroatoms. The molecule has 0 atom stereocenters. The van der Waals surface area contributed by atoms with Crippen LogP contribution >= 0.6 is 11.8 Å². The number of methoxy groups -OCH3 is 1. The Labute approximate surface area is 122 Å². The van der Waals surface area contributed by atoms with E-state index >= 15 is 0 Å². The number of aliphatic hydroxyl groups is 1. The van der Waals surface area contributed by atoms with Gasteiger partial charge >= 0.3 is 0 Å². The molecule has 0 spiro atoms. The minimum absolute atomic E-state index is 0.0511. The average Bonchev–Trinajstić information content (AvgIpc) is 2.52. The number of rotatable bonds is 5. The van der Waals surface area contributed by atoms with Crippen LogP contribution in [0, 0.1) is 11.3 Å². The van der Waals surface area contributed by atoms with Crippen molar-refractivity contribution in [2.45, 2.75) is 17.3 Å².